The van der Waals surface area contributed by atoms with Crippen LogP contribution in [0.2, 0.25) is 0 Å². The first-order valence-corrected chi connectivity index (χ1v) is 9.32. The Morgan fingerprint density at radius 1 is 1.46 bits per heavy atom. The summed E-state index contributed by atoms with van der Waals surface area (Å²) in [5.74, 6) is 0.379. The number of ether oxygens (including phenoxy) is 1. The van der Waals surface area contributed by atoms with Gasteiger partial charge in [0.05, 0.1) is 10.7 Å². The van der Waals surface area contributed by atoms with Gasteiger partial charge in [0, 0.05) is 30.1 Å². The highest BCUT2D eigenvalue weighted by Gasteiger charge is 2.27. The van der Waals surface area contributed by atoms with Crippen LogP contribution in [0.4, 0.5) is 0 Å². The van der Waals surface area contributed by atoms with Crippen LogP contribution in [-0.2, 0) is 16.2 Å². The predicted octanol–water partition coefficient (Wildman–Crippen LogP) is 2.39. The van der Waals surface area contributed by atoms with Crippen LogP contribution in [0.1, 0.15) is 23.2 Å². The number of thiazole rings is 1. The number of nitrogens with one attached hydrogen (secondary N) is 1. The van der Waals surface area contributed by atoms with Crippen LogP contribution >= 0.6 is 11.3 Å². The number of aromatic nitrogens is 1. The van der Waals surface area contributed by atoms with Crippen molar-refractivity contribution in [2.45, 2.75) is 26.5 Å². The van der Waals surface area contributed by atoms with Gasteiger partial charge in [-0.2, -0.15) is 0 Å². The van der Waals surface area contributed by atoms with Crippen molar-refractivity contribution in [3.05, 3.63) is 52.0 Å². The van der Waals surface area contributed by atoms with Crippen molar-refractivity contribution < 1.29 is 14.3 Å². The fourth-order valence-electron chi connectivity index (χ4n) is 2.72. The molecule has 0 bridgehead atoms. The molecule has 136 valence electrons. The Bertz CT molecular complexity index is 831. The highest BCUT2D eigenvalue weighted by atomic mass is 32.1. The van der Waals surface area contributed by atoms with Crippen LogP contribution < -0.4 is 10.1 Å². The van der Waals surface area contributed by atoms with Gasteiger partial charge in [-0.05, 0) is 26.0 Å². The van der Waals surface area contributed by atoms with Gasteiger partial charge in [0.1, 0.15) is 18.4 Å². The molecule has 1 N–H and O–H groups in total. The lowest BCUT2D eigenvalue weighted by Gasteiger charge is -2.31. The maximum absolute atomic E-state index is 12.4. The summed E-state index contributed by atoms with van der Waals surface area (Å²) in [6.07, 6.45) is 3.22. The molecule has 0 spiro atoms. The lowest BCUT2D eigenvalue weighted by Crippen LogP contribution is -2.55. The zero-order chi connectivity index (χ0) is 18.5. The smallest absolute Gasteiger partial charge is 0.247 e. The van der Waals surface area contributed by atoms with Crippen LogP contribution in [0.5, 0.6) is 5.75 Å². The largest absolute Gasteiger partial charge is 0.487 e. The summed E-state index contributed by atoms with van der Waals surface area (Å²) in [5, 5.41) is 5.73. The standard InChI is InChI=1S/C19H21N3O3S/c1-13-19(24)20-9-10-22(13)18(23)8-7-15-5-3-4-6-17(15)25-11-16-12-26-14(2)21-16/h3-8,12-13H,9-11H2,1-2H3,(H,20,24). The quantitative estimate of drug-likeness (QED) is 0.819. The predicted molar refractivity (Wildman–Crippen MR) is 101 cm³/mol. The molecular formula is C19H21N3O3S. The first-order valence-electron chi connectivity index (χ1n) is 8.44. The summed E-state index contributed by atoms with van der Waals surface area (Å²) >= 11 is 1.59. The van der Waals surface area contributed by atoms with E-state index in [1.54, 1.807) is 29.2 Å². The number of piperazine rings is 1. The molecule has 1 fully saturated rings. The van der Waals surface area contributed by atoms with Crippen LogP contribution in [0.25, 0.3) is 6.08 Å². The molecule has 1 atom stereocenters. The van der Waals surface area contributed by atoms with Crippen LogP contribution in [-0.4, -0.2) is 40.8 Å². The van der Waals surface area contributed by atoms with Crippen LogP contribution in [0.15, 0.2) is 35.7 Å². The summed E-state index contributed by atoms with van der Waals surface area (Å²) in [6.45, 7) is 5.06. The van der Waals surface area contributed by atoms with Gasteiger partial charge in [-0.25, -0.2) is 4.98 Å². The Labute approximate surface area is 156 Å². The second kappa shape index (κ2) is 8.14. The number of hydrogen-bond acceptors (Lipinski definition) is 5. The molecule has 26 heavy (non-hydrogen) atoms. The second-order valence-corrected chi connectivity index (χ2v) is 7.08. The zero-order valence-corrected chi connectivity index (χ0v) is 15.6. The third-order valence-electron chi connectivity index (χ3n) is 4.15. The van der Waals surface area contributed by atoms with Crippen molar-refractivity contribution in [2.24, 2.45) is 0 Å². The van der Waals surface area contributed by atoms with Gasteiger partial charge in [-0.1, -0.05) is 18.2 Å². The average molecular weight is 371 g/mol. The number of rotatable bonds is 5. The molecule has 1 saturated heterocycles. The number of aryl methyl sites for hydroxylation is 1. The maximum atomic E-state index is 12.4. The van der Waals surface area contributed by atoms with E-state index in [-0.39, 0.29) is 11.8 Å². The summed E-state index contributed by atoms with van der Waals surface area (Å²) in [5.41, 5.74) is 1.69. The lowest BCUT2D eigenvalue weighted by atomic mass is 10.1. The Balaban J connectivity index is 1.68. The number of benzene rings is 1. The first kappa shape index (κ1) is 18.1. The molecule has 1 aliphatic rings. The monoisotopic (exact) mass is 371 g/mol. The molecule has 3 rings (SSSR count). The molecular weight excluding hydrogens is 350 g/mol. The number of para-hydroxylation sites is 1. The minimum absolute atomic E-state index is 0.125. The topological polar surface area (TPSA) is 71.5 Å². The molecule has 2 amide bonds. The summed E-state index contributed by atoms with van der Waals surface area (Å²) < 4.78 is 5.86. The van der Waals surface area contributed by atoms with E-state index in [1.165, 1.54) is 6.08 Å². The average Bonchev–Trinajstić information content (AvgIpc) is 3.06. The van der Waals surface area contributed by atoms with E-state index in [0.717, 1.165) is 16.3 Å². The molecule has 6 nitrogen and oxygen atoms in total. The van der Waals surface area contributed by atoms with Crippen LogP contribution in [0, 0.1) is 6.92 Å². The second-order valence-electron chi connectivity index (χ2n) is 6.02. The number of hydrogen-bond donors (Lipinski definition) is 1. The van der Waals surface area contributed by atoms with Crippen molar-refractivity contribution in [1.29, 1.82) is 0 Å². The van der Waals surface area contributed by atoms with Crippen molar-refractivity contribution in [2.75, 3.05) is 13.1 Å². The van der Waals surface area contributed by atoms with Gasteiger partial charge in [-0.15, -0.1) is 11.3 Å². The number of nitrogens with zero attached hydrogens (tertiary/aromatic N) is 2. The van der Waals surface area contributed by atoms with E-state index < -0.39 is 6.04 Å². The SMILES string of the molecule is Cc1nc(COc2ccccc2C=CC(=O)N2CCNC(=O)C2C)cs1. The first-order chi connectivity index (χ1) is 12.5. The van der Waals surface area contributed by atoms with Crippen molar-refractivity contribution in [3.8, 4) is 5.75 Å². The molecule has 7 heteroatoms. The Morgan fingerprint density at radius 2 is 2.27 bits per heavy atom. The molecule has 2 heterocycles. The molecule has 1 aromatic carbocycles. The van der Waals surface area contributed by atoms with E-state index in [2.05, 4.69) is 10.3 Å². The van der Waals surface area contributed by atoms with Gasteiger partial charge >= 0.3 is 0 Å². The lowest BCUT2D eigenvalue weighted by molar-refractivity contribution is -0.139. The molecule has 1 aliphatic heterocycles. The summed E-state index contributed by atoms with van der Waals surface area (Å²) in [6, 6.07) is 7.07. The zero-order valence-electron chi connectivity index (χ0n) is 14.8. The Morgan fingerprint density at radius 3 is 3.04 bits per heavy atom. The van der Waals surface area contributed by atoms with Gasteiger partial charge in [0.25, 0.3) is 0 Å². The van der Waals surface area contributed by atoms with E-state index in [1.807, 2.05) is 36.6 Å². The highest BCUT2D eigenvalue weighted by Crippen LogP contribution is 2.21. The van der Waals surface area contributed by atoms with Gasteiger partial charge in [0.2, 0.25) is 11.8 Å². The molecule has 0 radical (unpaired) electrons. The van der Waals surface area contributed by atoms with Gasteiger partial charge in [-0.3, -0.25) is 9.59 Å². The number of amides is 2. The fourth-order valence-corrected chi connectivity index (χ4v) is 3.31. The number of carbonyl (C=O) groups excluding carboxylic acids is 2. The summed E-state index contributed by atoms with van der Waals surface area (Å²) in [4.78, 5) is 30.1. The van der Waals surface area contributed by atoms with E-state index in [9.17, 15) is 9.59 Å². The highest BCUT2D eigenvalue weighted by molar-refractivity contribution is 7.09. The van der Waals surface area contributed by atoms with Gasteiger partial charge < -0.3 is 15.0 Å². The number of carbonyl (C=O) groups is 2. The fraction of sp³-hybridized carbons (Fsp3) is 0.316. The van der Waals surface area contributed by atoms with Crippen LogP contribution in [0.3, 0.4) is 0 Å². The molecule has 1 unspecified atom stereocenters. The molecule has 0 aliphatic carbocycles. The molecule has 2 aromatic rings. The van der Waals surface area contributed by atoms with E-state index >= 15 is 0 Å². The van der Waals surface area contributed by atoms with E-state index in [4.69, 9.17) is 4.74 Å². The maximum Gasteiger partial charge on any atom is 0.247 e. The molecule has 1 aromatic heterocycles. The normalized spacial score (nSPS) is 17.4. The third kappa shape index (κ3) is 4.29. The third-order valence-corrected chi connectivity index (χ3v) is 4.97. The molecule has 0 saturated carbocycles. The van der Waals surface area contributed by atoms with Gasteiger partial charge in [0.15, 0.2) is 0 Å². The minimum atomic E-state index is -0.458. The Kier molecular flexibility index (Phi) is 5.68. The summed E-state index contributed by atoms with van der Waals surface area (Å²) in [7, 11) is 0. The van der Waals surface area contributed by atoms with Crippen molar-refractivity contribution in [1.82, 2.24) is 15.2 Å². The minimum Gasteiger partial charge on any atom is -0.487 e. The van der Waals surface area contributed by atoms with Crippen molar-refractivity contribution in [3.63, 3.8) is 0 Å². The van der Waals surface area contributed by atoms with E-state index in [0.29, 0.717) is 25.4 Å². The van der Waals surface area contributed by atoms with Crippen molar-refractivity contribution >= 4 is 29.2 Å². The Hall–Kier alpha value is -2.67.